The van der Waals surface area contributed by atoms with E-state index in [2.05, 4.69) is 11.8 Å². The van der Waals surface area contributed by atoms with E-state index in [4.69, 9.17) is 5.73 Å². The van der Waals surface area contributed by atoms with E-state index in [0.717, 1.165) is 6.54 Å². The fraction of sp³-hybridized carbons (Fsp3) is 1.00. The lowest BCUT2D eigenvalue weighted by Crippen LogP contribution is -2.55. The molecule has 2 unspecified atom stereocenters. The average Bonchev–Trinajstić information content (AvgIpc) is 3.01. The summed E-state index contributed by atoms with van der Waals surface area (Å²) in [5, 5.41) is 9.46. The molecule has 0 radical (unpaired) electrons. The van der Waals surface area contributed by atoms with Crippen molar-refractivity contribution in [1.82, 2.24) is 4.90 Å². The van der Waals surface area contributed by atoms with Crippen LogP contribution >= 0.6 is 0 Å². The van der Waals surface area contributed by atoms with Crippen LogP contribution in [0.3, 0.4) is 0 Å². The van der Waals surface area contributed by atoms with Gasteiger partial charge in [-0.3, -0.25) is 4.90 Å². The van der Waals surface area contributed by atoms with E-state index in [1.165, 1.54) is 38.6 Å². The van der Waals surface area contributed by atoms with Gasteiger partial charge in [-0.05, 0) is 44.6 Å². The van der Waals surface area contributed by atoms with E-state index in [1.807, 2.05) is 0 Å². The SMILES string of the molecule is CCC1CCCN1CC(N)(CO)C1CC1. The highest BCUT2D eigenvalue weighted by Gasteiger charge is 2.44. The Hall–Kier alpha value is -0.120. The van der Waals surface area contributed by atoms with Crippen molar-refractivity contribution in [2.24, 2.45) is 11.7 Å². The lowest BCUT2D eigenvalue weighted by Gasteiger charge is -2.35. The first-order valence-corrected chi connectivity index (χ1v) is 6.33. The summed E-state index contributed by atoms with van der Waals surface area (Å²) < 4.78 is 0. The van der Waals surface area contributed by atoms with Gasteiger partial charge in [0.15, 0.2) is 0 Å². The quantitative estimate of drug-likeness (QED) is 0.713. The van der Waals surface area contributed by atoms with Crippen LogP contribution in [0.2, 0.25) is 0 Å². The molecular weight excluding hydrogens is 188 g/mol. The Morgan fingerprint density at radius 1 is 1.40 bits per heavy atom. The molecule has 15 heavy (non-hydrogen) atoms. The Kier molecular flexibility index (Phi) is 3.33. The maximum atomic E-state index is 9.46. The molecule has 3 heteroatoms. The summed E-state index contributed by atoms with van der Waals surface area (Å²) in [7, 11) is 0. The molecule has 2 aliphatic rings. The molecule has 1 saturated heterocycles. The number of nitrogens with zero attached hydrogens (tertiary/aromatic N) is 1. The zero-order chi connectivity index (χ0) is 10.9. The van der Waals surface area contributed by atoms with Gasteiger partial charge >= 0.3 is 0 Å². The first-order valence-electron chi connectivity index (χ1n) is 6.33. The highest BCUT2D eigenvalue weighted by atomic mass is 16.3. The first kappa shape index (κ1) is 11.4. The maximum Gasteiger partial charge on any atom is 0.0626 e. The van der Waals surface area contributed by atoms with E-state index < -0.39 is 0 Å². The summed E-state index contributed by atoms with van der Waals surface area (Å²) in [4.78, 5) is 2.49. The standard InChI is InChI=1S/C12H24N2O/c1-2-11-4-3-7-14(11)8-12(13,9-15)10-5-6-10/h10-11,15H,2-9,13H2,1H3. The predicted molar refractivity (Wildman–Crippen MR) is 61.6 cm³/mol. The smallest absolute Gasteiger partial charge is 0.0626 e. The van der Waals surface area contributed by atoms with Crippen LogP contribution in [0.15, 0.2) is 0 Å². The highest BCUT2D eigenvalue weighted by molar-refractivity contribution is 5.01. The van der Waals surface area contributed by atoms with Crippen LogP contribution in [-0.2, 0) is 0 Å². The van der Waals surface area contributed by atoms with Crippen molar-refractivity contribution >= 4 is 0 Å². The second-order valence-corrected chi connectivity index (χ2v) is 5.34. The van der Waals surface area contributed by atoms with E-state index in [9.17, 15) is 5.11 Å². The molecule has 88 valence electrons. The Bertz CT molecular complexity index is 218. The molecule has 1 aliphatic heterocycles. The Morgan fingerprint density at radius 2 is 2.13 bits per heavy atom. The van der Waals surface area contributed by atoms with Crippen molar-refractivity contribution in [1.29, 1.82) is 0 Å². The van der Waals surface area contributed by atoms with Crippen molar-refractivity contribution in [3.8, 4) is 0 Å². The van der Waals surface area contributed by atoms with Gasteiger partial charge in [0.25, 0.3) is 0 Å². The summed E-state index contributed by atoms with van der Waals surface area (Å²) in [6, 6.07) is 0.707. The van der Waals surface area contributed by atoms with Crippen molar-refractivity contribution in [3.63, 3.8) is 0 Å². The van der Waals surface area contributed by atoms with Crippen LogP contribution in [0.5, 0.6) is 0 Å². The second-order valence-electron chi connectivity index (χ2n) is 5.34. The Labute approximate surface area is 92.6 Å². The predicted octanol–water partition coefficient (Wildman–Crippen LogP) is 0.961. The summed E-state index contributed by atoms with van der Waals surface area (Å²) in [5.41, 5.74) is 5.99. The molecule has 0 spiro atoms. The fourth-order valence-electron chi connectivity index (χ4n) is 2.91. The molecule has 1 aliphatic carbocycles. The van der Waals surface area contributed by atoms with Crippen LogP contribution in [-0.4, -0.2) is 41.3 Å². The van der Waals surface area contributed by atoms with Gasteiger partial charge in [-0.2, -0.15) is 0 Å². The molecular formula is C12H24N2O. The third-order valence-corrected chi connectivity index (χ3v) is 4.15. The third kappa shape index (κ3) is 2.35. The van der Waals surface area contributed by atoms with E-state index >= 15 is 0 Å². The van der Waals surface area contributed by atoms with Gasteiger partial charge in [-0.1, -0.05) is 6.92 Å². The van der Waals surface area contributed by atoms with Crippen LogP contribution in [0.1, 0.15) is 39.0 Å². The van der Waals surface area contributed by atoms with Crippen molar-refractivity contribution in [3.05, 3.63) is 0 Å². The van der Waals surface area contributed by atoms with Crippen LogP contribution in [0.25, 0.3) is 0 Å². The molecule has 3 N–H and O–H groups in total. The molecule has 2 atom stereocenters. The molecule has 1 heterocycles. The number of nitrogens with two attached hydrogens (primary N) is 1. The average molecular weight is 212 g/mol. The monoisotopic (exact) mass is 212 g/mol. The van der Waals surface area contributed by atoms with Gasteiger partial charge in [0.2, 0.25) is 0 Å². The van der Waals surface area contributed by atoms with Gasteiger partial charge < -0.3 is 10.8 Å². The largest absolute Gasteiger partial charge is 0.394 e. The maximum absolute atomic E-state index is 9.46. The zero-order valence-corrected chi connectivity index (χ0v) is 9.78. The lowest BCUT2D eigenvalue weighted by molar-refractivity contribution is 0.113. The van der Waals surface area contributed by atoms with Gasteiger partial charge in [0.05, 0.1) is 12.1 Å². The van der Waals surface area contributed by atoms with Crippen LogP contribution in [0, 0.1) is 5.92 Å². The third-order valence-electron chi connectivity index (χ3n) is 4.15. The minimum atomic E-state index is -0.322. The molecule has 0 bridgehead atoms. The number of aliphatic hydroxyl groups is 1. The number of hydrogen-bond donors (Lipinski definition) is 2. The van der Waals surface area contributed by atoms with Gasteiger partial charge in [0, 0.05) is 12.6 Å². The normalized spacial score (nSPS) is 31.8. The summed E-state index contributed by atoms with van der Waals surface area (Å²) >= 11 is 0. The molecule has 1 saturated carbocycles. The van der Waals surface area contributed by atoms with Crippen molar-refractivity contribution in [2.45, 2.75) is 50.6 Å². The summed E-state index contributed by atoms with van der Waals surface area (Å²) in [6.45, 7) is 4.46. The number of likely N-dealkylation sites (tertiary alicyclic amines) is 1. The molecule has 0 aromatic heterocycles. The van der Waals surface area contributed by atoms with Gasteiger partial charge in [-0.15, -0.1) is 0 Å². The van der Waals surface area contributed by atoms with Gasteiger partial charge in [0.1, 0.15) is 0 Å². The number of hydrogen-bond acceptors (Lipinski definition) is 3. The topological polar surface area (TPSA) is 49.5 Å². The second kappa shape index (κ2) is 4.40. The van der Waals surface area contributed by atoms with Crippen LogP contribution < -0.4 is 5.73 Å². The molecule has 2 fully saturated rings. The highest BCUT2D eigenvalue weighted by Crippen LogP contribution is 2.39. The Morgan fingerprint density at radius 3 is 2.67 bits per heavy atom. The van der Waals surface area contributed by atoms with E-state index in [0.29, 0.717) is 12.0 Å². The van der Waals surface area contributed by atoms with Crippen molar-refractivity contribution in [2.75, 3.05) is 19.7 Å². The number of aliphatic hydroxyl groups excluding tert-OH is 1. The summed E-state index contributed by atoms with van der Waals surface area (Å²) in [6.07, 6.45) is 6.24. The van der Waals surface area contributed by atoms with Crippen molar-refractivity contribution < 1.29 is 5.11 Å². The minimum Gasteiger partial charge on any atom is -0.394 e. The molecule has 0 aromatic carbocycles. The first-order chi connectivity index (χ1) is 7.19. The van der Waals surface area contributed by atoms with E-state index in [1.54, 1.807) is 0 Å². The van der Waals surface area contributed by atoms with E-state index in [-0.39, 0.29) is 12.1 Å². The fourth-order valence-corrected chi connectivity index (χ4v) is 2.91. The Balaban J connectivity index is 1.93. The molecule has 0 aromatic rings. The lowest BCUT2D eigenvalue weighted by atomic mass is 9.94. The molecule has 2 rings (SSSR count). The minimum absolute atomic E-state index is 0.143. The van der Waals surface area contributed by atoms with Crippen LogP contribution in [0.4, 0.5) is 0 Å². The molecule has 3 nitrogen and oxygen atoms in total. The van der Waals surface area contributed by atoms with Gasteiger partial charge in [-0.25, -0.2) is 0 Å². The summed E-state index contributed by atoms with van der Waals surface area (Å²) in [5.74, 6) is 0.570. The molecule has 0 amide bonds. The number of rotatable bonds is 5. The zero-order valence-electron chi connectivity index (χ0n) is 9.78.